The van der Waals surface area contributed by atoms with E-state index in [4.69, 9.17) is 4.74 Å². The monoisotopic (exact) mass is 217 g/mol. The van der Waals surface area contributed by atoms with Crippen molar-refractivity contribution in [3.63, 3.8) is 0 Å². The molecule has 1 aliphatic rings. The Bertz CT molecular complexity index is 191. The molecule has 1 fully saturated rings. The quantitative estimate of drug-likeness (QED) is 0.692. The molecule has 4 heteroatoms. The van der Waals surface area contributed by atoms with Crippen molar-refractivity contribution in [1.82, 2.24) is 4.90 Å². The van der Waals surface area contributed by atoms with E-state index in [-0.39, 0.29) is 18.8 Å². The van der Waals surface area contributed by atoms with E-state index in [1.54, 1.807) is 7.11 Å². The van der Waals surface area contributed by atoms with Gasteiger partial charge in [0.1, 0.15) is 0 Å². The van der Waals surface area contributed by atoms with Crippen molar-refractivity contribution in [2.24, 2.45) is 0 Å². The van der Waals surface area contributed by atoms with Crippen LogP contribution < -0.4 is 0 Å². The fraction of sp³-hybridized carbons (Fsp3) is 1.00. The highest BCUT2D eigenvalue weighted by Crippen LogP contribution is 2.21. The van der Waals surface area contributed by atoms with Crippen LogP contribution in [0, 0.1) is 0 Å². The van der Waals surface area contributed by atoms with Gasteiger partial charge in [0.2, 0.25) is 0 Å². The van der Waals surface area contributed by atoms with E-state index >= 15 is 0 Å². The lowest BCUT2D eigenvalue weighted by atomic mass is 10.1. The Kier molecular flexibility index (Phi) is 4.52. The third-order valence-electron chi connectivity index (χ3n) is 3.04. The van der Waals surface area contributed by atoms with E-state index in [0.29, 0.717) is 0 Å². The Morgan fingerprint density at radius 2 is 2.13 bits per heavy atom. The fourth-order valence-corrected chi connectivity index (χ4v) is 1.99. The van der Waals surface area contributed by atoms with Gasteiger partial charge in [-0.1, -0.05) is 0 Å². The molecule has 0 aliphatic carbocycles. The molecular weight excluding hydrogens is 194 g/mol. The van der Waals surface area contributed by atoms with Crippen molar-refractivity contribution in [3.8, 4) is 0 Å². The number of rotatable bonds is 5. The maximum absolute atomic E-state index is 9.64. The van der Waals surface area contributed by atoms with E-state index in [0.717, 1.165) is 25.9 Å². The molecule has 4 nitrogen and oxygen atoms in total. The molecule has 0 aromatic rings. The Morgan fingerprint density at radius 3 is 2.60 bits per heavy atom. The minimum Gasteiger partial charge on any atom is -0.395 e. The Morgan fingerprint density at radius 1 is 1.47 bits per heavy atom. The first-order valence-electron chi connectivity index (χ1n) is 5.56. The van der Waals surface area contributed by atoms with Crippen LogP contribution in [0.2, 0.25) is 0 Å². The van der Waals surface area contributed by atoms with Gasteiger partial charge in [0.15, 0.2) is 0 Å². The predicted octanol–water partition coefficient (Wildman–Crippen LogP) is 0.229. The molecule has 1 aliphatic heterocycles. The maximum Gasteiger partial charge on any atom is 0.0714 e. The summed E-state index contributed by atoms with van der Waals surface area (Å²) >= 11 is 0. The minimum absolute atomic E-state index is 0.172. The Hall–Kier alpha value is -0.160. The maximum atomic E-state index is 9.64. The zero-order valence-corrected chi connectivity index (χ0v) is 9.94. The van der Waals surface area contributed by atoms with Gasteiger partial charge >= 0.3 is 0 Å². The zero-order chi connectivity index (χ0) is 11.5. The van der Waals surface area contributed by atoms with Crippen LogP contribution in [0.3, 0.4) is 0 Å². The molecule has 2 atom stereocenters. The molecule has 15 heavy (non-hydrogen) atoms. The predicted molar refractivity (Wildman–Crippen MR) is 58.8 cm³/mol. The second-order valence-electron chi connectivity index (χ2n) is 4.99. The van der Waals surface area contributed by atoms with Crippen molar-refractivity contribution in [2.75, 3.05) is 26.8 Å². The minimum atomic E-state index is -0.634. The Balaban J connectivity index is 2.39. The lowest BCUT2D eigenvalue weighted by molar-refractivity contribution is 0.0487. The first kappa shape index (κ1) is 12.9. The average Bonchev–Trinajstić information content (AvgIpc) is 2.56. The summed E-state index contributed by atoms with van der Waals surface area (Å²) in [7, 11) is 1.71. The van der Waals surface area contributed by atoms with Crippen LogP contribution in [-0.4, -0.2) is 59.7 Å². The number of likely N-dealkylation sites (tertiary alicyclic amines) is 1. The summed E-state index contributed by atoms with van der Waals surface area (Å²) in [4.78, 5) is 2.20. The number of ether oxygens (including phenoxy) is 1. The molecule has 2 N–H and O–H groups in total. The lowest BCUT2D eigenvalue weighted by Crippen LogP contribution is -2.36. The third kappa shape index (κ3) is 4.07. The topological polar surface area (TPSA) is 52.9 Å². The van der Waals surface area contributed by atoms with E-state index in [2.05, 4.69) is 4.90 Å². The molecule has 90 valence electrons. The summed E-state index contributed by atoms with van der Waals surface area (Å²) in [5, 5.41) is 18.9. The third-order valence-corrected chi connectivity index (χ3v) is 3.04. The van der Waals surface area contributed by atoms with Crippen molar-refractivity contribution in [1.29, 1.82) is 0 Å². The second-order valence-corrected chi connectivity index (χ2v) is 4.99. The van der Waals surface area contributed by atoms with E-state index < -0.39 is 5.60 Å². The summed E-state index contributed by atoms with van der Waals surface area (Å²) in [6, 6.07) is 0.192. The van der Waals surface area contributed by atoms with Gasteiger partial charge in [-0.25, -0.2) is 0 Å². The van der Waals surface area contributed by atoms with Gasteiger partial charge in [-0.3, -0.25) is 4.90 Å². The van der Waals surface area contributed by atoms with Gasteiger partial charge < -0.3 is 14.9 Å². The highest BCUT2D eigenvalue weighted by atomic mass is 16.5. The van der Waals surface area contributed by atoms with E-state index in [9.17, 15) is 10.2 Å². The summed E-state index contributed by atoms with van der Waals surface area (Å²) < 4.78 is 5.29. The van der Waals surface area contributed by atoms with Crippen LogP contribution in [0.5, 0.6) is 0 Å². The SMILES string of the molecule is CO[C@@H]1C[C@@H](CO)N(CCC(C)(C)O)C1. The van der Waals surface area contributed by atoms with Gasteiger partial charge in [-0.15, -0.1) is 0 Å². The highest BCUT2D eigenvalue weighted by Gasteiger charge is 2.32. The largest absolute Gasteiger partial charge is 0.395 e. The van der Waals surface area contributed by atoms with Gasteiger partial charge in [0, 0.05) is 26.2 Å². The molecular formula is C11H23NO3. The highest BCUT2D eigenvalue weighted by molar-refractivity contribution is 4.86. The summed E-state index contributed by atoms with van der Waals surface area (Å²) in [5.41, 5.74) is -0.634. The number of nitrogens with zero attached hydrogens (tertiary/aromatic N) is 1. The molecule has 0 unspecified atom stereocenters. The van der Waals surface area contributed by atoms with Crippen LogP contribution in [-0.2, 0) is 4.74 Å². The molecule has 1 saturated heterocycles. The van der Waals surface area contributed by atoms with Crippen LogP contribution in [0.15, 0.2) is 0 Å². The fourth-order valence-electron chi connectivity index (χ4n) is 1.99. The van der Waals surface area contributed by atoms with Gasteiger partial charge in [0.05, 0.1) is 18.3 Å². The number of methoxy groups -OCH3 is 1. The normalized spacial score (nSPS) is 28.6. The molecule has 0 aromatic carbocycles. The number of aliphatic hydroxyl groups excluding tert-OH is 1. The number of hydrogen-bond acceptors (Lipinski definition) is 4. The van der Waals surface area contributed by atoms with Crippen LogP contribution in [0.25, 0.3) is 0 Å². The number of aliphatic hydroxyl groups is 2. The van der Waals surface area contributed by atoms with E-state index in [1.165, 1.54) is 0 Å². The molecule has 0 aromatic heterocycles. The molecule has 0 saturated carbocycles. The lowest BCUT2D eigenvalue weighted by Gasteiger charge is -2.26. The van der Waals surface area contributed by atoms with Gasteiger partial charge in [0.25, 0.3) is 0 Å². The first-order valence-corrected chi connectivity index (χ1v) is 5.56. The molecule has 0 spiro atoms. The van der Waals surface area contributed by atoms with E-state index in [1.807, 2.05) is 13.8 Å². The van der Waals surface area contributed by atoms with Crippen LogP contribution >= 0.6 is 0 Å². The summed E-state index contributed by atoms with van der Waals surface area (Å²) in [5.74, 6) is 0. The number of hydrogen-bond donors (Lipinski definition) is 2. The van der Waals surface area contributed by atoms with Crippen molar-refractivity contribution in [3.05, 3.63) is 0 Å². The average molecular weight is 217 g/mol. The molecule has 1 heterocycles. The first-order chi connectivity index (χ1) is 6.96. The summed E-state index contributed by atoms with van der Waals surface area (Å²) in [6.45, 7) is 5.47. The molecule has 1 rings (SSSR count). The second kappa shape index (κ2) is 5.25. The van der Waals surface area contributed by atoms with Crippen LogP contribution in [0.4, 0.5) is 0 Å². The van der Waals surface area contributed by atoms with Crippen molar-refractivity contribution >= 4 is 0 Å². The smallest absolute Gasteiger partial charge is 0.0714 e. The van der Waals surface area contributed by atoms with Crippen LogP contribution in [0.1, 0.15) is 26.7 Å². The van der Waals surface area contributed by atoms with Crippen molar-refractivity contribution in [2.45, 2.75) is 44.4 Å². The Labute approximate surface area is 91.8 Å². The summed E-state index contributed by atoms with van der Waals surface area (Å²) in [6.07, 6.45) is 1.84. The molecule has 0 bridgehead atoms. The van der Waals surface area contributed by atoms with Gasteiger partial charge in [-0.05, 0) is 26.7 Å². The van der Waals surface area contributed by atoms with Gasteiger partial charge in [-0.2, -0.15) is 0 Å². The zero-order valence-electron chi connectivity index (χ0n) is 9.94. The van der Waals surface area contributed by atoms with Crippen molar-refractivity contribution < 1.29 is 14.9 Å². The molecule has 0 radical (unpaired) electrons. The standard InChI is InChI=1S/C11H23NO3/c1-11(2,14)4-5-12-7-10(15-3)6-9(12)8-13/h9-10,13-14H,4-8H2,1-3H3/t9-,10+/m0/s1. The molecule has 0 amide bonds.